The van der Waals surface area contributed by atoms with Crippen LogP contribution in [-0.2, 0) is 6.42 Å². The molecule has 21 heavy (non-hydrogen) atoms. The molecule has 1 amide bonds. The van der Waals surface area contributed by atoms with Crippen LogP contribution in [0.4, 0.5) is 5.69 Å². The Hall–Kier alpha value is -1.92. The van der Waals surface area contributed by atoms with Crippen molar-refractivity contribution in [1.82, 2.24) is 10.3 Å². The fraction of sp³-hybridized carbons (Fsp3) is 0.200. The highest BCUT2D eigenvalue weighted by molar-refractivity contribution is 7.21. The Kier molecular flexibility index (Phi) is 3.90. The third kappa shape index (κ3) is 2.91. The van der Waals surface area contributed by atoms with Crippen molar-refractivity contribution in [3.8, 4) is 0 Å². The molecule has 0 saturated carbocycles. The number of nitrogens with two attached hydrogens (primary N) is 1. The summed E-state index contributed by atoms with van der Waals surface area (Å²) in [7, 11) is 0. The van der Waals surface area contributed by atoms with E-state index in [2.05, 4.69) is 21.7 Å². The highest BCUT2D eigenvalue weighted by Crippen LogP contribution is 2.31. The summed E-state index contributed by atoms with van der Waals surface area (Å²) < 4.78 is 0. The summed E-state index contributed by atoms with van der Waals surface area (Å²) in [6.07, 6.45) is 2.53. The molecule has 3 rings (SSSR count). The number of thiophene rings is 2. The zero-order valence-corrected chi connectivity index (χ0v) is 13.1. The molecule has 4 nitrogen and oxygen atoms in total. The molecular formula is C15H15N3OS2. The van der Waals surface area contributed by atoms with Gasteiger partial charge in [0.15, 0.2) is 0 Å². The van der Waals surface area contributed by atoms with Crippen molar-refractivity contribution in [2.45, 2.75) is 19.4 Å². The summed E-state index contributed by atoms with van der Waals surface area (Å²) in [6, 6.07) is 5.85. The van der Waals surface area contributed by atoms with Crippen molar-refractivity contribution in [3.63, 3.8) is 0 Å². The maximum Gasteiger partial charge on any atom is 0.263 e. The Morgan fingerprint density at radius 2 is 2.33 bits per heavy atom. The number of nitrogen functional groups attached to an aromatic ring is 1. The molecule has 3 heterocycles. The molecule has 0 radical (unpaired) electrons. The maximum atomic E-state index is 12.4. The van der Waals surface area contributed by atoms with E-state index in [4.69, 9.17) is 5.73 Å². The van der Waals surface area contributed by atoms with E-state index in [-0.39, 0.29) is 11.9 Å². The van der Waals surface area contributed by atoms with Crippen LogP contribution >= 0.6 is 22.7 Å². The largest absolute Gasteiger partial charge is 0.397 e. The minimum atomic E-state index is -0.127. The van der Waals surface area contributed by atoms with Crippen LogP contribution in [-0.4, -0.2) is 16.9 Å². The third-order valence-electron chi connectivity index (χ3n) is 3.21. The van der Waals surface area contributed by atoms with Gasteiger partial charge in [0.05, 0.1) is 5.69 Å². The third-order valence-corrected chi connectivity index (χ3v) is 5.07. The number of hydrogen-bond acceptors (Lipinski definition) is 5. The zero-order valence-electron chi connectivity index (χ0n) is 11.5. The second-order valence-electron chi connectivity index (χ2n) is 4.91. The van der Waals surface area contributed by atoms with Gasteiger partial charge in [-0.25, -0.2) is 4.98 Å². The minimum absolute atomic E-state index is 0.0599. The van der Waals surface area contributed by atoms with E-state index in [9.17, 15) is 4.79 Å². The Balaban J connectivity index is 1.76. The fourth-order valence-electron chi connectivity index (χ4n) is 2.22. The monoisotopic (exact) mass is 317 g/mol. The van der Waals surface area contributed by atoms with Crippen LogP contribution in [0.2, 0.25) is 0 Å². The van der Waals surface area contributed by atoms with Gasteiger partial charge < -0.3 is 11.1 Å². The Bertz CT molecular complexity index is 764. The lowest BCUT2D eigenvalue weighted by molar-refractivity contribution is 0.0945. The smallest absolute Gasteiger partial charge is 0.263 e. The highest BCUT2D eigenvalue weighted by Gasteiger charge is 2.18. The average molecular weight is 317 g/mol. The van der Waals surface area contributed by atoms with E-state index in [1.54, 1.807) is 17.5 Å². The minimum Gasteiger partial charge on any atom is -0.397 e. The molecule has 108 valence electrons. The van der Waals surface area contributed by atoms with Gasteiger partial charge in [0.25, 0.3) is 5.91 Å². The molecule has 0 aromatic carbocycles. The van der Waals surface area contributed by atoms with Crippen LogP contribution in [0.3, 0.4) is 0 Å². The molecule has 0 aliphatic carbocycles. The quantitative estimate of drug-likeness (QED) is 0.776. The Morgan fingerprint density at radius 3 is 3.05 bits per heavy atom. The van der Waals surface area contributed by atoms with Crippen molar-refractivity contribution >= 4 is 44.5 Å². The first-order chi connectivity index (χ1) is 10.1. The van der Waals surface area contributed by atoms with Gasteiger partial charge >= 0.3 is 0 Å². The summed E-state index contributed by atoms with van der Waals surface area (Å²) in [5.41, 5.74) is 7.81. The van der Waals surface area contributed by atoms with Crippen molar-refractivity contribution in [1.29, 1.82) is 0 Å². The number of anilines is 1. The van der Waals surface area contributed by atoms with Gasteiger partial charge in [-0.3, -0.25) is 4.79 Å². The van der Waals surface area contributed by atoms with Crippen LogP contribution in [0.1, 0.15) is 22.2 Å². The number of aromatic nitrogens is 1. The predicted octanol–water partition coefficient (Wildman–Crippen LogP) is 3.30. The number of carbonyl (C=O) groups is 1. The molecule has 3 N–H and O–H groups in total. The van der Waals surface area contributed by atoms with Gasteiger partial charge in [0.2, 0.25) is 0 Å². The van der Waals surface area contributed by atoms with Crippen LogP contribution in [0, 0.1) is 0 Å². The van der Waals surface area contributed by atoms with E-state index in [0.29, 0.717) is 10.6 Å². The molecule has 3 aromatic rings. The van der Waals surface area contributed by atoms with Crippen molar-refractivity contribution in [3.05, 3.63) is 45.6 Å². The van der Waals surface area contributed by atoms with Gasteiger partial charge in [-0.1, -0.05) is 0 Å². The summed E-state index contributed by atoms with van der Waals surface area (Å²) in [6.45, 7) is 2.00. The highest BCUT2D eigenvalue weighted by atomic mass is 32.1. The Labute approximate surface area is 130 Å². The SMILES string of the molecule is CC(Cc1ccsc1)NC(=O)c1sc2ncccc2c1N. The number of rotatable bonds is 4. The lowest BCUT2D eigenvalue weighted by Crippen LogP contribution is -2.33. The standard InChI is InChI=1S/C15H15N3OS2/c1-9(7-10-4-6-20-8-10)18-14(19)13-12(16)11-3-2-5-17-15(11)21-13/h2-6,8-9H,7,16H2,1H3,(H,18,19). The molecule has 0 aliphatic rings. The summed E-state index contributed by atoms with van der Waals surface area (Å²) in [4.78, 5) is 18.0. The van der Waals surface area contributed by atoms with E-state index in [0.717, 1.165) is 16.6 Å². The summed E-state index contributed by atoms with van der Waals surface area (Å²) in [5, 5.41) is 7.99. The fourth-order valence-corrected chi connectivity index (χ4v) is 3.87. The van der Waals surface area contributed by atoms with E-state index < -0.39 is 0 Å². The van der Waals surface area contributed by atoms with Gasteiger partial charge in [0, 0.05) is 17.6 Å². The molecule has 6 heteroatoms. The van der Waals surface area contributed by atoms with E-state index in [1.807, 2.05) is 24.4 Å². The molecule has 0 aliphatic heterocycles. The molecule has 1 atom stereocenters. The van der Waals surface area contributed by atoms with Crippen molar-refractivity contribution in [2.24, 2.45) is 0 Å². The van der Waals surface area contributed by atoms with Crippen molar-refractivity contribution in [2.75, 3.05) is 5.73 Å². The van der Waals surface area contributed by atoms with Crippen LogP contribution in [0.5, 0.6) is 0 Å². The number of carbonyl (C=O) groups excluding carboxylic acids is 1. The molecule has 0 fully saturated rings. The molecule has 0 bridgehead atoms. The average Bonchev–Trinajstić information content (AvgIpc) is 3.07. The normalized spacial score (nSPS) is 12.4. The number of pyridine rings is 1. The molecule has 0 spiro atoms. The van der Waals surface area contributed by atoms with Gasteiger partial charge in [0.1, 0.15) is 9.71 Å². The molecule has 0 saturated heterocycles. The van der Waals surface area contributed by atoms with Gasteiger partial charge in [-0.2, -0.15) is 11.3 Å². The first kappa shape index (κ1) is 14.0. The Morgan fingerprint density at radius 1 is 1.48 bits per heavy atom. The van der Waals surface area contributed by atoms with E-state index >= 15 is 0 Å². The predicted molar refractivity (Wildman–Crippen MR) is 89.0 cm³/mol. The zero-order chi connectivity index (χ0) is 14.8. The number of amides is 1. The number of nitrogens with one attached hydrogen (secondary N) is 1. The first-order valence-electron chi connectivity index (χ1n) is 6.60. The van der Waals surface area contributed by atoms with Crippen LogP contribution < -0.4 is 11.1 Å². The molecular weight excluding hydrogens is 302 g/mol. The lowest BCUT2D eigenvalue weighted by Gasteiger charge is -2.12. The first-order valence-corrected chi connectivity index (χ1v) is 8.36. The second-order valence-corrected chi connectivity index (χ2v) is 6.69. The summed E-state index contributed by atoms with van der Waals surface area (Å²) >= 11 is 3.00. The number of fused-ring (bicyclic) bond motifs is 1. The van der Waals surface area contributed by atoms with Crippen LogP contribution in [0.25, 0.3) is 10.2 Å². The van der Waals surface area contributed by atoms with Gasteiger partial charge in [-0.05, 0) is 47.9 Å². The number of hydrogen-bond donors (Lipinski definition) is 2. The number of nitrogens with zero attached hydrogens (tertiary/aromatic N) is 1. The van der Waals surface area contributed by atoms with Gasteiger partial charge in [-0.15, -0.1) is 11.3 Å². The molecule has 3 aromatic heterocycles. The van der Waals surface area contributed by atoms with E-state index in [1.165, 1.54) is 16.9 Å². The maximum absolute atomic E-state index is 12.4. The topological polar surface area (TPSA) is 68.0 Å². The molecule has 1 unspecified atom stereocenters. The summed E-state index contributed by atoms with van der Waals surface area (Å²) in [5.74, 6) is -0.127. The van der Waals surface area contributed by atoms with Crippen LogP contribution in [0.15, 0.2) is 35.2 Å². The van der Waals surface area contributed by atoms with Crippen molar-refractivity contribution < 1.29 is 4.79 Å². The second kappa shape index (κ2) is 5.83. The lowest BCUT2D eigenvalue weighted by atomic mass is 10.1.